The highest BCUT2D eigenvalue weighted by molar-refractivity contribution is 4.96. The van der Waals surface area contributed by atoms with E-state index in [0.717, 1.165) is 30.6 Å². The van der Waals surface area contributed by atoms with Gasteiger partial charge in [-0.05, 0) is 49.0 Å². The van der Waals surface area contributed by atoms with Gasteiger partial charge in [-0.2, -0.15) is 0 Å². The second-order valence-corrected chi connectivity index (χ2v) is 5.98. The molecule has 0 saturated heterocycles. The molecule has 0 heterocycles. The van der Waals surface area contributed by atoms with Crippen LogP contribution in [-0.4, -0.2) is 6.10 Å². The Labute approximate surface area is 108 Å². The Morgan fingerprint density at radius 3 is 2.41 bits per heavy atom. The maximum atomic E-state index is 6.11. The van der Waals surface area contributed by atoms with E-state index >= 15 is 0 Å². The van der Waals surface area contributed by atoms with E-state index < -0.39 is 0 Å². The molecule has 0 bridgehead atoms. The molecule has 0 N–H and O–H groups in total. The van der Waals surface area contributed by atoms with Crippen LogP contribution in [0.4, 0.5) is 0 Å². The summed E-state index contributed by atoms with van der Waals surface area (Å²) in [5.41, 5.74) is 1.44. The molecule has 1 fully saturated rings. The zero-order valence-electron chi connectivity index (χ0n) is 12.3. The van der Waals surface area contributed by atoms with Gasteiger partial charge < -0.3 is 4.74 Å². The molecule has 3 atom stereocenters. The zero-order chi connectivity index (χ0) is 12.8. The Bertz CT molecular complexity index is 236. The van der Waals surface area contributed by atoms with Gasteiger partial charge in [0.2, 0.25) is 0 Å². The number of hydrogen-bond acceptors (Lipinski definition) is 1. The molecule has 1 aliphatic carbocycles. The molecule has 0 aromatic rings. The first-order valence-electron chi connectivity index (χ1n) is 7.41. The molecule has 0 amide bonds. The van der Waals surface area contributed by atoms with Gasteiger partial charge in [-0.1, -0.05) is 41.0 Å². The quantitative estimate of drug-likeness (QED) is 0.601. The van der Waals surface area contributed by atoms with Crippen LogP contribution in [0.2, 0.25) is 0 Å². The highest BCUT2D eigenvalue weighted by Gasteiger charge is 2.31. The minimum atomic E-state index is 0.451. The van der Waals surface area contributed by atoms with Gasteiger partial charge in [0.05, 0.1) is 6.26 Å². The summed E-state index contributed by atoms with van der Waals surface area (Å²) in [7, 11) is 0. The molecular formula is C16H30O. The monoisotopic (exact) mass is 238 g/mol. The summed E-state index contributed by atoms with van der Waals surface area (Å²) < 4.78 is 6.11. The first-order valence-corrected chi connectivity index (χ1v) is 7.41. The third kappa shape index (κ3) is 4.37. The Morgan fingerprint density at radius 1 is 1.24 bits per heavy atom. The van der Waals surface area contributed by atoms with Crippen LogP contribution in [0.5, 0.6) is 0 Å². The molecule has 100 valence electrons. The van der Waals surface area contributed by atoms with Crippen molar-refractivity contribution in [3.8, 4) is 0 Å². The molecule has 1 rings (SSSR count). The standard InChI is InChI=1S/C16H30O/c1-6-14(7-2)11-17-16-10-13(5)8-9-15(16)12(3)4/h11-13,15-16H,6-10H2,1-5H3. The predicted octanol–water partition coefficient (Wildman–Crippen LogP) is 5.17. The summed E-state index contributed by atoms with van der Waals surface area (Å²) >= 11 is 0. The minimum absolute atomic E-state index is 0.451. The largest absolute Gasteiger partial charge is 0.498 e. The van der Waals surface area contributed by atoms with Crippen molar-refractivity contribution in [1.29, 1.82) is 0 Å². The second-order valence-electron chi connectivity index (χ2n) is 5.98. The normalized spacial score (nSPS) is 29.2. The van der Waals surface area contributed by atoms with E-state index in [9.17, 15) is 0 Å². The fraction of sp³-hybridized carbons (Fsp3) is 0.875. The molecule has 1 saturated carbocycles. The van der Waals surface area contributed by atoms with Crippen LogP contribution in [-0.2, 0) is 4.74 Å². The lowest BCUT2D eigenvalue weighted by Gasteiger charge is -2.36. The van der Waals surface area contributed by atoms with Crippen LogP contribution < -0.4 is 0 Å². The molecule has 0 aliphatic heterocycles. The van der Waals surface area contributed by atoms with Crippen molar-refractivity contribution in [2.24, 2.45) is 17.8 Å². The lowest BCUT2D eigenvalue weighted by molar-refractivity contribution is 0.0124. The molecule has 0 radical (unpaired) electrons. The van der Waals surface area contributed by atoms with E-state index in [1.54, 1.807) is 0 Å². The summed E-state index contributed by atoms with van der Waals surface area (Å²) in [5.74, 6) is 2.32. The summed E-state index contributed by atoms with van der Waals surface area (Å²) in [6, 6.07) is 0. The van der Waals surface area contributed by atoms with Crippen molar-refractivity contribution in [2.45, 2.75) is 72.8 Å². The molecule has 1 aliphatic rings. The van der Waals surface area contributed by atoms with Gasteiger partial charge in [0.25, 0.3) is 0 Å². The first kappa shape index (κ1) is 14.6. The molecule has 0 aromatic heterocycles. The van der Waals surface area contributed by atoms with Crippen molar-refractivity contribution in [1.82, 2.24) is 0 Å². The van der Waals surface area contributed by atoms with Gasteiger partial charge in [-0.3, -0.25) is 0 Å². The predicted molar refractivity (Wildman–Crippen MR) is 74.9 cm³/mol. The van der Waals surface area contributed by atoms with Gasteiger partial charge in [-0.15, -0.1) is 0 Å². The van der Waals surface area contributed by atoms with E-state index in [1.165, 1.54) is 24.8 Å². The van der Waals surface area contributed by atoms with Crippen LogP contribution in [0, 0.1) is 17.8 Å². The average molecular weight is 238 g/mol. The third-order valence-electron chi connectivity index (χ3n) is 4.28. The van der Waals surface area contributed by atoms with E-state index in [-0.39, 0.29) is 0 Å². The maximum absolute atomic E-state index is 6.11. The van der Waals surface area contributed by atoms with Gasteiger partial charge in [0.15, 0.2) is 0 Å². The van der Waals surface area contributed by atoms with Crippen LogP contribution in [0.1, 0.15) is 66.7 Å². The highest BCUT2D eigenvalue weighted by Crippen LogP contribution is 2.35. The van der Waals surface area contributed by atoms with Crippen molar-refractivity contribution in [3.05, 3.63) is 11.8 Å². The fourth-order valence-electron chi connectivity index (χ4n) is 2.87. The first-order chi connectivity index (χ1) is 8.08. The second kappa shape index (κ2) is 7.08. The Hall–Kier alpha value is -0.460. The van der Waals surface area contributed by atoms with E-state index in [0.29, 0.717) is 6.10 Å². The number of ether oxygens (including phenoxy) is 1. The number of allylic oxidation sites excluding steroid dienone is 1. The van der Waals surface area contributed by atoms with Crippen molar-refractivity contribution in [2.75, 3.05) is 0 Å². The van der Waals surface area contributed by atoms with E-state index in [4.69, 9.17) is 4.74 Å². The SMILES string of the molecule is CCC(=COC1CC(C)CCC1C(C)C)CC. The fourth-order valence-corrected chi connectivity index (χ4v) is 2.87. The maximum Gasteiger partial charge on any atom is 0.101 e. The summed E-state index contributed by atoms with van der Waals surface area (Å²) in [6.45, 7) is 11.4. The molecule has 1 heteroatoms. The Kier molecular flexibility index (Phi) is 6.08. The molecule has 17 heavy (non-hydrogen) atoms. The molecule has 3 unspecified atom stereocenters. The summed E-state index contributed by atoms with van der Waals surface area (Å²) in [6.07, 6.45) is 8.69. The van der Waals surface area contributed by atoms with Gasteiger partial charge >= 0.3 is 0 Å². The van der Waals surface area contributed by atoms with Crippen LogP contribution in [0.15, 0.2) is 11.8 Å². The topological polar surface area (TPSA) is 9.23 Å². The molecule has 0 aromatic carbocycles. The van der Waals surface area contributed by atoms with Crippen molar-refractivity contribution >= 4 is 0 Å². The lowest BCUT2D eigenvalue weighted by atomic mass is 9.75. The minimum Gasteiger partial charge on any atom is -0.498 e. The van der Waals surface area contributed by atoms with E-state index in [1.807, 2.05) is 0 Å². The van der Waals surface area contributed by atoms with E-state index in [2.05, 4.69) is 40.9 Å². The van der Waals surface area contributed by atoms with Gasteiger partial charge in [0.1, 0.15) is 6.10 Å². The highest BCUT2D eigenvalue weighted by atomic mass is 16.5. The summed E-state index contributed by atoms with van der Waals surface area (Å²) in [4.78, 5) is 0. The average Bonchev–Trinajstić information content (AvgIpc) is 2.30. The zero-order valence-corrected chi connectivity index (χ0v) is 12.3. The third-order valence-corrected chi connectivity index (χ3v) is 4.28. The Balaban J connectivity index is 2.60. The van der Waals surface area contributed by atoms with Crippen molar-refractivity contribution in [3.63, 3.8) is 0 Å². The molecule has 1 nitrogen and oxygen atoms in total. The molecule has 0 spiro atoms. The van der Waals surface area contributed by atoms with Gasteiger partial charge in [-0.25, -0.2) is 0 Å². The molecular weight excluding hydrogens is 208 g/mol. The van der Waals surface area contributed by atoms with Crippen molar-refractivity contribution < 1.29 is 4.74 Å². The smallest absolute Gasteiger partial charge is 0.101 e. The van der Waals surface area contributed by atoms with Crippen LogP contribution in [0.25, 0.3) is 0 Å². The van der Waals surface area contributed by atoms with Gasteiger partial charge in [0, 0.05) is 0 Å². The lowest BCUT2D eigenvalue weighted by Crippen LogP contribution is -2.33. The Morgan fingerprint density at radius 2 is 1.88 bits per heavy atom. The number of hydrogen-bond donors (Lipinski definition) is 0. The summed E-state index contributed by atoms with van der Waals surface area (Å²) in [5, 5.41) is 0. The number of rotatable bonds is 5. The van der Waals surface area contributed by atoms with Crippen LogP contribution in [0.3, 0.4) is 0 Å². The van der Waals surface area contributed by atoms with Crippen LogP contribution >= 0.6 is 0 Å².